The van der Waals surface area contributed by atoms with Crippen LogP contribution in [-0.2, 0) is 0 Å². The maximum atomic E-state index is 12.9. The average Bonchev–Trinajstić information content (AvgIpc) is 2.30. The van der Waals surface area contributed by atoms with Gasteiger partial charge in [0.25, 0.3) is 5.91 Å². The van der Waals surface area contributed by atoms with Crippen molar-refractivity contribution in [2.24, 2.45) is 0 Å². The third-order valence-electron chi connectivity index (χ3n) is 2.81. The fourth-order valence-corrected chi connectivity index (χ4v) is 2.63. The van der Waals surface area contributed by atoms with Crippen molar-refractivity contribution in [1.82, 2.24) is 10.6 Å². The average molecular weight is 385 g/mol. The summed E-state index contributed by atoms with van der Waals surface area (Å²) < 4.78 is 13.6. The molecule has 0 bridgehead atoms. The maximum absolute atomic E-state index is 12.9. The molecule has 18 heavy (non-hydrogen) atoms. The lowest BCUT2D eigenvalue weighted by atomic mass is 10.1. The molecule has 100 valence electrons. The van der Waals surface area contributed by atoms with Crippen molar-refractivity contribution < 1.29 is 9.18 Å². The van der Waals surface area contributed by atoms with Gasteiger partial charge in [-0.2, -0.15) is 0 Å². The summed E-state index contributed by atoms with van der Waals surface area (Å²) in [7, 11) is 0. The standard InChI is InChI=1S/C12H14FIN2O.ClH/c13-8-3-4-10(11(14)6-8)12(17)16-9-2-1-5-15-7-9;/h3-4,6,9,15H,1-2,5,7H2,(H,16,17);1H. The zero-order chi connectivity index (χ0) is 12.3. The Morgan fingerprint density at radius 2 is 2.28 bits per heavy atom. The number of rotatable bonds is 2. The van der Waals surface area contributed by atoms with Crippen molar-refractivity contribution in [3.8, 4) is 0 Å². The highest BCUT2D eigenvalue weighted by Crippen LogP contribution is 2.14. The zero-order valence-electron chi connectivity index (χ0n) is 9.71. The second-order valence-electron chi connectivity index (χ2n) is 4.14. The van der Waals surface area contributed by atoms with Crippen LogP contribution in [0.25, 0.3) is 0 Å². The van der Waals surface area contributed by atoms with Crippen molar-refractivity contribution in [3.63, 3.8) is 0 Å². The molecule has 3 nitrogen and oxygen atoms in total. The van der Waals surface area contributed by atoms with Crippen molar-refractivity contribution in [2.45, 2.75) is 18.9 Å². The van der Waals surface area contributed by atoms with Gasteiger partial charge in [-0.05, 0) is 60.2 Å². The van der Waals surface area contributed by atoms with Crippen LogP contribution in [0.2, 0.25) is 0 Å². The first-order valence-electron chi connectivity index (χ1n) is 5.63. The van der Waals surface area contributed by atoms with Crippen LogP contribution in [0.3, 0.4) is 0 Å². The number of benzene rings is 1. The predicted molar refractivity (Wildman–Crippen MR) is 79.7 cm³/mol. The molecule has 1 aliphatic rings. The normalized spacial score (nSPS) is 18.9. The van der Waals surface area contributed by atoms with E-state index in [1.165, 1.54) is 18.2 Å². The van der Waals surface area contributed by atoms with Gasteiger partial charge in [0.1, 0.15) is 5.82 Å². The molecule has 2 rings (SSSR count). The molecule has 0 aromatic heterocycles. The summed E-state index contributed by atoms with van der Waals surface area (Å²) in [4.78, 5) is 12.0. The Kier molecular flexibility index (Phi) is 6.31. The van der Waals surface area contributed by atoms with E-state index < -0.39 is 0 Å². The molecule has 1 aliphatic heterocycles. The summed E-state index contributed by atoms with van der Waals surface area (Å²) in [6.07, 6.45) is 2.07. The number of carbonyl (C=O) groups is 1. The second kappa shape index (κ2) is 7.25. The summed E-state index contributed by atoms with van der Waals surface area (Å²) in [5.74, 6) is -0.437. The molecule has 0 saturated carbocycles. The molecule has 1 fully saturated rings. The van der Waals surface area contributed by atoms with E-state index in [1.54, 1.807) is 0 Å². The highest BCUT2D eigenvalue weighted by Gasteiger charge is 2.17. The van der Waals surface area contributed by atoms with Crippen LogP contribution in [0.5, 0.6) is 0 Å². The number of piperidine rings is 1. The van der Waals surface area contributed by atoms with Gasteiger partial charge >= 0.3 is 0 Å². The molecule has 1 saturated heterocycles. The Labute approximate surface area is 125 Å². The van der Waals surface area contributed by atoms with Gasteiger partial charge in [-0.25, -0.2) is 4.39 Å². The highest BCUT2D eigenvalue weighted by molar-refractivity contribution is 14.1. The van der Waals surface area contributed by atoms with E-state index in [-0.39, 0.29) is 30.2 Å². The van der Waals surface area contributed by atoms with Crippen LogP contribution in [0.4, 0.5) is 4.39 Å². The molecule has 1 atom stereocenters. The molecule has 0 radical (unpaired) electrons. The molecule has 1 aromatic rings. The fourth-order valence-electron chi connectivity index (χ4n) is 1.91. The predicted octanol–water partition coefficient (Wildman–Crippen LogP) is 2.33. The van der Waals surface area contributed by atoms with E-state index in [9.17, 15) is 9.18 Å². The third kappa shape index (κ3) is 4.07. The lowest BCUT2D eigenvalue weighted by Gasteiger charge is -2.24. The number of hydrogen-bond acceptors (Lipinski definition) is 2. The second-order valence-corrected chi connectivity index (χ2v) is 5.30. The van der Waals surface area contributed by atoms with Crippen LogP contribution >= 0.6 is 35.0 Å². The quantitative estimate of drug-likeness (QED) is 0.769. The lowest BCUT2D eigenvalue weighted by Crippen LogP contribution is -2.45. The van der Waals surface area contributed by atoms with Crippen LogP contribution in [0.15, 0.2) is 18.2 Å². The van der Waals surface area contributed by atoms with Gasteiger partial charge < -0.3 is 10.6 Å². The van der Waals surface area contributed by atoms with E-state index in [2.05, 4.69) is 10.6 Å². The van der Waals surface area contributed by atoms with Crippen molar-refractivity contribution >= 4 is 40.9 Å². The van der Waals surface area contributed by atoms with Crippen molar-refractivity contribution in [3.05, 3.63) is 33.1 Å². The van der Waals surface area contributed by atoms with Crippen LogP contribution in [0, 0.1) is 9.39 Å². The van der Waals surface area contributed by atoms with Gasteiger partial charge in [-0.15, -0.1) is 12.4 Å². The first-order chi connectivity index (χ1) is 8.16. The lowest BCUT2D eigenvalue weighted by molar-refractivity contribution is 0.0929. The van der Waals surface area contributed by atoms with E-state index in [0.29, 0.717) is 9.13 Å². The fraction of sp³-hybridized carbons (Fsp3) is 0.417. The maximum Gasteiger partial charge on any atom is 0.252 e. The summed E-state index contributed by atoms with van der Waals surface area (Å²) in [5.41, 5.74) is 0.539. The molecular formula is C12H15ClFIN2O. The highest BCUT2D eigenvalue weighted by atomic mass is 127. The number of hydrogen-bond donors (Lipinski definition) is 2. The molecule has 1 unspecified atom stereocenters. The monoisotopic (exact) mass is 384 g/mol. The van der Waals surface area contributed by atoms with Gasteiger partial charge in [0.05, 0.1) is 5.56 Å². The Morgan fingerprint density at radius 3 is 2.89 bits per heavy atom. The number of halogens is 3. The minimum atomic E-state index is -0.315. The molecule has 1 heterocycles. The van der Waals surface area contributed by atoms with Crippen LogP contribution < -0.4 is 10.6 Å². The molecule has 0 spiro atoms. The van der Waals surface area contributed by atoms with E-state index in [4.69, 9.17) is 0 Å². The Balaban J connectivity index is 0.00000162. The van der Waals surface area contributed by atoms with Gasteiger partial charge in [0.2, 0.25) is 0 Å². The van der Waals surface area contributed by atoms with Gasteiger partial charge in [0.15, 0.2) is 0 Å². The Hall–Kier alpha value is -0.400. The minimum Gasteiger partial charge on any atom is -0.348 e. The van der Waals surface area contributed by atoms with Crippen molar-refractivity contribution in [1.29, 1.82) is 0 Å². The third-order valence-corrected chi connectivity index (χ3v) is 3.70. The van der Waals surface area contributed by atoms with Crippen molar-refractivity contribution in [2.75, 3.05) is 13.1 Å². The number of amides is 1. The van der Waals surface area contributed by atoms with Gasteiger partial charge in [-0.1, -0.05) is 0 Å². The van der Waals surface area contributed by atoms with Gasteiger partial charge in [-0.3, -0.25) is 4.79 Å². The summed E-state index contributed by atoms with van der Waals surface area (Å²) in [5, 5.41) is 6.21. The van der Waals surface area contributed by atoms with Crippen LogP contribution in [-0.4, -0.2) is 25.0 Å². The Bertz CT molecular complexity index is 425. The molecular weight excluding hydrogens is 369 g/mol. The summed E-state index contributed by atoms with van der Waals surface area (Å²) >= 11 is 1.98. The summed E-state index contributed by atoms with van der Waals surface area (Å²) in [6.45, 7) is 1.82. The van der Waals surface area contributed by atoms with E-state index in [1.807, 2.05) is 22.6 Å². The molecule has 6 heteroatoms. The van der Waals surface area contributed by atoms with E-state index >= 15 is 0 Å². The number of carbonyl (C=O) groups excluding carboxylic acids is 1. The first-order valence-corrected chi connectivity index (χ1v) is 6.71. The first kappa shape index (κ1) is 15.7. The number of nitrogens with one attached hydrogen (secondary N) is 2. The smallest absolute Gasteiger partial charge is 0.252 e. The Morgan fingerprint density at radius 1 is 1.50 bits per heavy atom. The van der Waals surface area contributed by atoms with E-state index in [0.717, 1.165) is 25.9 Å². The zero-order valence-corrected chi connectivity index (χ0v) is 12.7. The largest absolute Gasteiger partial charge is 0.348 e. The topological polar surface area (TPSA) is 41.1 Å². The molecule has 0 aliphatic carbocycles. The van der Waals surface area contributed by atoms with Gasteiger partial charge in [0, 0.05) is 16.2 Å². The molecule has 1 aromatic carbocycles. The SMILES string of the molecule is Cl.O=C(NC1CCCNC1)c1ccc(F)cc1I. The molecule has 2 N–H and O–H groups in total. The minimum absolute atomic E-state index is 0. The van der Waals surface area contributed by atoms with Crippen LogP contribution in [0.1, 0.15) is 23.2 Å². The molecule has 1 amide bonds. The summed E-state index contributed by atoms with van der Waals surface area (Å²) in [6, 6.07) is 4.39.